The van der Waals surface area contributed by atoms with E-state index in [0.29, 0.717) is 99.0 Å². The molecule has 8 aromatic rings. The summed E-state index contributed by atoms with van der Waals surface area (Å²) in [6.07, 6.45) is 22.2. The fourth-order valence-electron chi connectivity index (χ4n) is 14.6. The molecule has 128 heavy (non-hydrogen) atoms. The molecule has 3 saturated heterocycles. The molecule has 0 bridgehead atoms. The van der Waals surface area contributed by atoms with Crippen molar-refractivity contribution >= 4 is 155 Å². The Morgan fingerprint density at radius 3 is 1.15 bits per heavy atom. The van der Waals surface area contributed by atoms with Gasteiger partial charge in [-0.05, 0) is 261 Å². The Hall–Kier alpha value is -7.19. The lowest BCUT2D eigenvalue weighted by atomic mass is 9.86. The van der Waals surface area contributed by atoms with Gasteiger partial charge in [0.05, 0.1) is 104 Å². The van der Waals surface area contributed by atoms with Crippen LogP contribution in [0.15, 0.2) is 143 Å². The number of anilines is 2. The highest BCUT2D eigenvalue weighted by Crippen LogP contribution is 2.43. The van der Waals surface area contributed by atoms with Gasteiger partial charge in [0.2, 0.25) is 20.0 Å². The van der Waals surface area contributed by atoms with Crippen molar-refractivity contribution in [3.8, 4) is 10.4 Å². The summed E-state index contributed by atoms with van der Waals surface area (Å²) in [7, 11) is -7.64. The number of halogens is 3. The van der Waals surface area contributed by atoms with Crippen molar-refractivity contribution in [1.82, 2.24) is 56.0 Å². The van der Waals surface area contributed by atoms with Crippen molar-refractivity contribution in [3.05, 3.63) is 170 Å². The molecular formula is C89H121Br3N14O16S6. The van der Waals surface area contributed by atoms with Crippen molar-refractivity contribution in [2.45, 2.75) is 278 Å². The number of urea groups is 2. The number of carbonyl (C=O) groups excluding carboxylic acids is 5. The van der Waals surface area contributed by atoms with Gasteiger partial charge in [0.25, 0.3) is 0 Å². The van der Waals surface area contributed by atoms with Crippen LogP contribution in [0.4, 0.5) is 35.3 Å². The fourth-order valence-corrected chi connectivity index (χ4v) is 23.4. The molecule has 12 N–H and O–H groups in total. The number of nitrogens with one attached hydrogen (secondary N) is 9. The molecule has 4 aromatic carbocycles. The van der Waals surface area contributed by atoms with Gasteiger partial charge in [-0.15, -0.1) is 45.3 Å². The molecule has 7 amide bonds. The maximum absolute atomic E-state index is 13.6. The summed E-state index contributed by atoms with van der Waals surface area (Å²) < 4.78 is 91.5. The first-order chi connectivity index (χ1) is 60.7. The molecule has 15 rings (SSSR count). The van der Waals surface area contributed by atoms with E-state index in [0.717, 1.165) is 122 Å². The van der Waals surface area contributed by atoms with E-state index in [9.17, 15) is 40.8 Å². The lowest BCUT2D eigenvalue weighted by Crippen LogP contribution is -2.44. The van der Waals surface area contributed by atoms with Gasteiger partial charge in [-0.3, -0.25) is 0 Å². The highest BCUT2D eigenvalue weighted by Gasteiger charge is 2.35. The van der Waals surface area contributed by atoms with Crippen LogP contribution in [0.3, 0.4) is 0 Å². The monoisotopic (exact) mass is 2070 g/mol. The van der Waals surface area contributed by atoms with E-state index in [4.69, 9.17) is 34.5 Å². The number of aliphatic hydroxyl groups excluding tert-OH is 1. The van der Waals surface area contributed by atoms with E-state index < -0.39 is 54.9 Å². The third-order valence-electron chi connectivity index (χ3n) is 21.1. The predicted molar refractivity (Wildman–Crippen MR) is 512 cm³/mol. The summed E-state index contributed by atoms with van der Waals surface area (Å²) >= 11 is 17.0. The number of sulfonamides is 2. The van der Waals surface area contributed by atoms with Crippen molar-refractivity contribution < 1.29 is 74.3 Å². The number of thiazole rings is 4. The van der Waals surface area contributed by atoms with Crippen LogP contribution in [0, 0.1) is 6.92 Å². The van der Waals surface area contributed by atoms with Crippen LogP contribution in [0.1, 0.15) is 225 Å². The Morgan fingerprint density at radius 1 is 0.461 bits per heavy atom. The van der Waals surface area contributed by atoms with Crippen molar-refractivity contribution in [1.29, 1.82) is 0 Å². The Morgan fingerprint density at radius 2 is 0.805 bits per heavy atom. The number of nitrogens with two attached hydrogens (primary N) is 1. The second kappa shape index (κ2) is 49.0. The fraction of sp³-hybridized carbons (Fsp3) is 0.539. The minimum Gasteiger partial charge on any atom is -0.444 e. The molecule has 700 valence electrons. The third kappa shape index (κ3) is 35.4. The minimum absolute atomic E-state index is 0.0457. The van der Waals surface area contributed by atoms with E-state index in [1.165, 1.54) is 51.3 Å². The smallest absolute Gasteiger partial charge is 0.407 e. The maximum atomic E-state index is 13.6. The number of hydrogen-bond acceptors (Lipinski definition) is 25. The summed E-state index contributed by atoms with van der Waals surface area (Å²) in [5, 5.41) is 32.8. The van der Waals surface area contributed by atoms with Crippen molar-refractivity contribution in [2.24, 2.45) is 5.73 Å². The van der Waals surface area contributed by atoms with E-state index in [1.807, 2.05) is 100 Å². The molecule has 39 heteroatoms. The van der Waals surface area contributed by atoms with E-state index in [-0.39, 0.29) is 64.3 Å². The Labute approximate surface area is 792 Å². The molecule has 4 aromatic heterocycles. The van der Waals surface area contributed by atoms with Gasteiger partial charge in [-0.2, -0.15) is 0 Å². The number of ether oxygens (including phenoxy) is 6. The Balaban J connectivity index is 0.000000174. The summed E-state index contributed by atoms with van der Waals surface area (Å²) in [4.78, 5) is 79.1. The normalized spacial score (nSPS) is 20.8. The SMILES string of the molecule is CC(C)(C)NS(=O)(=O)c1cc(NC(=O)NCc2ccccc2)ccc1-c1cnc(C2CCC(NC(=O)OC3COC3)CC2)s1.CC(C)(C)OC(=O)NC1CCC(c2ncc(Br)s2)CC1.Cc1ccc(NC(=O)NCc2ccccc2)cc1S(=O)(=O)NC(C)(C)C.NC1CCC(c2ncc(Br)s2)CC1.O=C(NC1CCC(c2ncc(Br)s2)CC1)OC1COC1.OC1COC1. The zero-order valence-electron chi connectivity index (χ0n) is 73.9. The minimum atomic E-state index is -3.95. The van der Waals surface area contributed by atoms with E-state index >= 15 is 0 Å². The first-order valence-electron chi connectivity index (χ1n) is 43.1. The van der Waals surface area contributed by atoms with Gasteiger partial charge in [-0.25, -0.2) is 70.2 Å². The molecule has 3 aliphatic heterocycles. The lowest BCUT2D eigenvalue weighted by Gasteiger charge is -2.30. The van der Waals surface area contributed by atoms with Crippen LogP contribution in [0.5, 0.6) is 0 Å². The zero-order chi connectivity index (χ0) is 92.4. The summed E-state index contributed by atoms with van der Waals surface area (Å²) in [5.74, 6) is 1.93. The van der Waals surface area contributed by atoms with Crippen LogP contribution < -0.4 is 52.4 Å². The van der Waals surface area contributed by atoms with Crippen LogP contribution >= 0.6 is 93.1 Å². The summed E-state index contributed by atoms with van der Waals surface area (Å²) in [6, 6.07) is 28.8. The van der Waals surface area contributed by atoms with Gasteiger partial charge in [0, 0.05) is 95.1 Å². The van der Waals surface area contributed by atoms with Crippen LogP contribution in [0.2, 0.25) is 0 Å². The number of aromatic nitrogens is 4. The average Bonchev–Trinajstić information content (AvgIpc) is 1.01. The average molecular weight is 2080 g/mol. The number of hydrogen-bond donors (Lipinski definition) is 11. The maximum Gasteiger partial charge on any atom is 0.407 e. The number of benzene rings is 4. The molecule has 7 heterocycles. The molecule has 0 atom stereocenters. The molecule has 7 fully saturated rings. The number of amides is 7. The number of rotatable bonds is 20. The quantitative estimate of drug-likeness (QED) is 0.0316. The Bertz CT molecular complexity index is 5090. The van der Waals surface area contributed by atoms with E-state index in [1.54, 1.807) is 113 Å². The molecule has 4 aliphatic carbocycles. The first-order valence-corrected chi connectivity index (χ1v) is 51.7. The second-order valence-corrected chi connectivity index (χ2v) is 47.3. The molecule has 7 aliphatic rings. The molecule has 30 nitrogen and oxygen atoms in total. The lowest BCUT2D eigenvalue weighted by molar-refractivity contribution is -0.0985. The molecule has 0 spiro atoms. The van der Waals surface area contributed by atoms with Gasteiger partial charge in [-0.1, -0.05) is 72.8 Å². The topological polar surface area (TPSA) is 415 Å². The molecule has 4 saturated carbocycles. The number of aliphatic hydroxyl groups is 1. The Kier molecular flexibility index (Phi) is 39.4. The third-order valence-corrected chi connectivity index (χ3v) is 30.9. The van der Waals surface area contributed by atoms with Crippen LogP contribution in [0.25, 0.3) is 10.4 Å². The van der Waals surface area contributed by atoms with Crippen molar-refractivity contribution in [3.63, 3.8) is 0 Å². The number of carbonyl (C=O) groups is 5. The van der Waals surface area contributed by atoms with Gasteiger partial charge in [0.1, 0.15) is 11.7 Å². The van der Waals surface area contributed by atoms with Gasteiger partial charge in [0.15, 0.2) is 12.2 Å². The number of nitrogens with zero attached hydrogens (tertiary/aromatic N) is 4. The van der Waals surface area contributed by atoms with Crippen molar-refractivity contribution in [2.75, 3.05) is 50.3 Å². The standard InChI is InChI=1S/C31H39N5O6S2.C19H25N3O3S.C14H21BrN2O2S.C13H17BrN2O3S.C9H13BrN2S.C3H6O2/c1-31(2,3)36-44(39,40)27-15-23(34-29(37)33-16-20-7-5-4-6-8-20)13-14-25(27)26-17-32-28(43-26)21-9-11-22(12-10-21)35-30(38)42-24-18-41-19-24;1-14-10-11-16(12-17(14)26(24,25)22-19(2,3)4)21-18(23)20-13-15-8-6-5-7-9-15;1-14(2,3)19-13(18)17-10-6-4-9(5-7-10)12-16-8-11(15)20-12;14-11-5-15-12(20-11)8-1-3-9(4-2-8)16-13(17)19-10-6-18-7-10;10-8-5-12-9(13-8)6-1-3-7(11)4-2-6;4-3-1-5-2-3/h4-8,13-15,17,21-22,24,36H,9-12,16,18-19H2,1-3H3,(H,35,38)(H2,33,34,37);5-12,22H,13H2,1-4H3,(H2,20,21,23);8-10H,4-7H2,1-3H3,(H,17,18);5,8-10H,1-4,6-7H2,(H,16,17);5-7H,1-4,11H2;3-4H,1-2H2. The van der Waals surface area contributed by atoms with Gasteiger partial charge >= 0.3 is 30.3 Å². The van der Waals surface area contributed by atoms with Gasteiger partial charge < -0.3 is 76.5 Å². The predicted octanol–water partition coefficient (Wildman–Crippen LogP) is 18.5. The van der Waals surface area contributed by atoms with E-state index in [2.05, 4.69) is 119 Å². The van der Waals surface area contributed by atoms with Crippen LogP contribution in [-0.4, -0.2) is 171 Å². The number of alkyl carbamates (subject to hydrolysis) is 3. The molecule has 0 unspecified atom stereocenters. The summed E-state index contributed by atoms with van der Waals surface area (Å²) in [5.41, 5.74) is 7.92. The second-order valence-electron chi connectivity index (χ2n) is 35.6. The number of aryl methyl sites for hydroxylation is 1. The zero-order valence-corrected chi connectivity index (χ0v) is 83.5. The molecule has 0 radical (unpaired) electrons. The largest absolute Gasteiger partial charge is 0.444 e. The van der Waals surface area contributed by atoms with Crippen LogP contribution in [-0.2, 0) is 61.6 Å². The first kappa shape index (κ1) is 103. The summed E-state index contributed by atoms with van der Waals surface area (Å²) in [6.45, 7) is 21.8. The molecular weight excluding hydrogens is 1950 g/mol. The highest BCUT2D eigenvalue weighted by molar-refractivity contribution is 9.11. The highest BCUT2D eigenvalue weighted by atomic mass is 79.9.